The third-order valence-corrected chi connectivity index (χ3v) is 1.22. The van der Waals surface area contributed by atoms with Crippen molar-refractivity contribution in [3.8, 4) is 0 Å². The Morgan fingerprint density at radius 2 is 2.55 bits per heavy atom. The minimum atomic E-state index is 0.307. The van der Waals surface area contributed by atoms with Crippen LogP contribution >= 0.6 is 0 Å². The zero-order valence-electron chi connectivity index (χ0n) is 6.53. The minimum Gasteiger partial charge on any atom is -0.380 e. The third-order valence-electron chi connectivity index (χ3n) is 1.22. The summed E-state index contributed by atoms with van der Waals surface area (Å²) < 4.78 is 6.77. The summed E-state index contributed by atoms with van der Waals surface area (Å²) in [6, 6.07) is 0. The largest absolute Gasteiger partial charge is 0.380 e. The lowest BCUT2D eigenvalue weighted by atomic mass is 10.7. The first-order valence-electron chi connectivity index (χ1n) is 3.55. The van der Waals surface area contributed by atoms with Gasteiger partial charge in [0, 0.05) is 6.61 Å². The monoisotopic (exact) mass is 156 g/mol. The Morgan fingerprint density at radius 3 is 3.09 bits per heavy atom. The average molecular weight is 156 g/mol. The van der Waals surface area contributed by atoms with E-state index in [4.69, 9.17) is 10.5 Å². The van der Waals surface area contributed by atoms with Crippen LogP contribution in [0.4, 0.5) is 5.95 Å². The van der Waals surface area contributed by atoms with Crippen LogP contribution in [-0.2, 0) is 11.3 Å². The van der Waals surface area contributed by atoms with Gasteiger partial charge in [-0.05, 0) is 6.92 Å². The van der Waals surface area contributed by atoms with Gasteiger partial charge in [0.1, 0.15) is 6.33 Å². The lowest BCUT2D eigenvalue weighted by molar-refractivity contribution is 0.136. The van der Waals surface area contributed by atoms with Crippen molar-refractivity contribution < 1.29 is 4.74 Å². The molecule has 0 radical (unpaired) electrons. The number of hydrogen-bond acceptors (Lipinski definition) is 4. The van der Waals surface area contributed by atoms with E-state index in [1.165, 1.54) is 0 Å². The van der Waals surface area contributed by atoms with E-state index in [-0.39, 0.29) is 0 Å². The van der Waals surface area contributed by atoms with E-state index < -0.39 is 0 Å². The van der Waals surface area contributed by atoms with Crippen LogP contribution in [0.3, 0.4) is 0 Å². The first-order chi connectivity index (χ1) is 5.33. The number of nitrogen functional groups attached to an aromatic ring is 1. The van der Waals surface area contributed by atoms with Crippen molar-refractivity contribution in [3.63, 3.8) is 0 Å². The Labute approximate surface area is 65.2 Å². The molecule has 0 saturated carbocycles. The fourth-order valence-electron chi connectivity index (χ4n) is 0.719. The van der Waals surface area contributed by atoms with E-state index in [0.29, 0.717) is 19.1 Å². The summed E-state index contributed by atoms with van der Waals surface area (Å²) >= 11 is 0. The van der Waals surface area contributed by atoms with Gasteiger partial charge >= 0.3 is 0 Å². The number of nitrogens with two attached hydrogens (primary N) is 1. The minimum absolute atomic E-state index is 0.307. The van der Waals surface area contributed by atoms with E-state index in [9.17, 15) is 0 Å². The van der Waals surface area contributed by atoms with Crippen molar-refractivity contribution in [2.45, 2.75) is 13.5 Å². The molecule has 0 saturated heterocycles. The Balaban J connectivity index is 2.27. The maximum Gasteiger partial charge on any atom is 0.239 e. The molecule has 62 valence electrons. The smallest absolute Gasteiger partial charge is 0.239 e. The van der Waals surface area contributed by atoms with Crippen molar-refractivity contribution in [2.75, 3.05) is 18.9 Å². The second-order valence-corrected chi connectivity index (χ2v) is 2.06. The van der Waals surface area contributed by atoms with Gasteiger partial charge in [0.05, 0.1) is 13.2 Å². The van der Waals surface area contributed by atoms with Crippen LogP contribution in [-0.4, -0.2) is 28.0 Å². The Morgan fingerprint density at radius 1 is 1.73 bits per heavy atom. The predicted molar refractivity (Wildman–Crippen MR) is 40.9 cm³/mol. The summed E-state index contributed by atoms with van der Waals surface area (Å²) in [5.74, 6) is 0.307. The SMILES string of the molecule is CCOCCn1cnc(N)n1. The molecule has 5 nitrogen and oxygen atoms in total. The molecule has 0 amide bonds. The van der Waals surface area contributed by atoms with Crippen LogP contribution < -0.4 is 5.73 Å². The molecule has 1 heterocycles. The topological polar surface area (TPSA) is 66.0 Å². The molecule has 0 aliphatic heterocycles. The first-order valence-corrected chi connectivity index (χ1v) is 3.55. The molecule has 2 N–H and O–H groups in total. The third kappa shape index (κ3) is 2.55. The summed E-state index contributed by atoms with van der Waals surface area (Å²) in [6.45, 7) is 4.04. The number of ether oxygens (including phenoxy) is 1. The molecule has 1 aromatic rings. The fourth-order valence-corrected chi connectivity index (χ4v) is 0.719. The molecular weight excluding hydrogens is 144 g/mol. The average Bonchev–Trinajstić information content (AvgIpc) is 2.37. The van der Waals surface area contributed by atoms with Crippen molar-refractivity contribution in [1.82, 2.24) is 14.8 Å². The summed E-state index contributed by atoms with van der Waals surface area (Å²) in [5, 5.41) is 3.89. The van der Waals surface area contributed by atoms with Crippen LogP contribution in [0.5, 0.6) is 0 Å². The standard InChI is InChI=1S/C6H12N4O/c1-2-11-4-3-10-5-8-6(7)9-10/h5H,2-4H2,1H3,(H2,7,9). The summed E-state index contributed by atoms with van der Waals surface area (Å²) in [4.78, 5) is 3.77. The Bertz CT molecular complexity index is 210. The second-order valence-electron chi connectivity index (χ2n) is 2.06. The highest BCUT2D eigenvalue weighted by Crippen LogP contribution is 1.88. The van der Waals surface area contributed by atoms with Crippen LogP contribution in [0.25, 0.3) is 0 Å². The van der Waals surface area contributed by atoms with Crippen molar-refractivity contribution in [3.05, 3.63) is 6.33 Å². The second kappa shape index (κ2) is 3.92. The molecule has 5 heteroatoms. The van der Waals surface area contributed by atoms with Crippen LogP contribution in [0, 0.1) is 0 Å². The normalized spacial score (nSPS) is 10.3. The van der Waals surface area contributed by atoms with Crippen molar-refractivity contribution in [2.24, 2.45) is 0 Å². The van der Waals surface area contributed by atoms with Gasteiger partial charge in [-0.2, -0.15) is 0 Å². The Kier molecular flexibility index (Phi) is 2.85. The van der Waals surface area contributed by atoms with E-state index in [1.807, 2.05) is 6.92 Å². The van der Waals surface area contributed by atoms with E-state index in [1.54, 1.807) is 11.0 Å². The number of hydrogen-bond donors (Lipinski definition) is 1. The maximum atomic E-state index is 5.30. The van der Waals surface area contributed by atoms with Gasteiger partial charge in [-0.3, -0.25) is 0 Å². The molecule has 0 aliphatic carbocycles. The van der Waals surface area contributed by atoms with Crippen molar-refractivity contribution in [1.29, 1.82) is 0 Å². The van der Waals surface area contributed by atoms with Crippen LogP contribution in [0.2, 0.25) is 0 Å². The zero-order valence-corrected chi connectivity index (χ0v) is 6.53. The number of rotatable bonds is 4. The van der Waals surface area contributed by atoms with E-state index in [0.717, 1.165) is 6.61 Å². The van der Waals surface area contributed by atoms with Gasteiger partial charge in [-0.1, -0.05) is 0 Å². The highest BCUT2D eigenvalue weighted by molar-refractivity contribution is 5.08. The molecule has 1 aromatic heterocycles. The summed E-state index contributed by atoms with van der Waals surface area (Å²) in [5.41, 5.74) is 5.30. The van der Waals surface area contributed by atoms with Gasteiger partial charge in [0.2, 0.25) is 5.95 Å². The van der Waals surface area contributed by atoms with Gasteiger partial charge in [0.25, 0.3) is 0 Å². The number of nitrogens with zero attached hydrogens (tertiary/aromatic N) is 3. The van der Waals surface area contributed by atoms with Crippen LogP contribution in [0.15, 0.2) is 6.33 Å². The molecule has 1 rings (SSSR count). The van der Waals surface area contributed by atoms with Gasteiger partial charge in [-0.25, -0.2) is 9.67 Å². The molecule has 0 fully saturated rings. The zero-order chi connectivity index (χ0) is 8.10. The molecule has 11 heavy (non-hydrogen) atoms. The predicted octanol–water partition coefficient (Wildman–Crippen LogP) is -0.103. The summed E-state index contributed by atoms with van der Waals surface area (Å²) in [7, 11) is 0. The van der Waals surface area contributed by atoms with E-state index >= 15 is 0 Å². The molecule has 0 atom stereocenters. The van der Waals surface area contributed by atoms with Gasteiger partial charge in [0.15, 0.2) is 0 Å². The highest BCUT2D eigenvalue weighted by atomic mass is 16.5. The maximum absolute atomic E-state index is 5.30. The first kappa shape index (κ1) is 8.00. The lowest BCUT2D eigenvalue weighted by Crippen LogP contribution is -2.06. The van der Waals surface area contributed by atoms with E-state index in [2.05, 4.69) is 10.1 Å². The summed E-state index contributed by atoms with van der Waals surface area (Å²) in [6.07, 6.45) is 1.59. The molecule has 0 aromatic carbocycles. The quantitative estimate of drug-likeness (QED) is 0.618. The molecule has 0 aliphatic rings. The highest BCUT2D eigenvalue weighted by Gasteiger charge is 1.93. The number of aromatic nitrogens is 3. The molecule has 0 spiro atoms. The molecule has 0 bridgehead atoms. The van der Waals surface area contributed by atoms with Gasteiger partial charge in [-0.15, -0.1) is 5.10 Å². The Hall–Kier alpha value is -1.10. The van der Waals surface area contributed by atoms with Crippen molar-refractivity contribution >= 4 is 5.95 Å². The lowest BCUT2D eigenvalue weighted by Gasteiger charge is -1.99. The fraction of sp³-hybridized carbons (Fsp3) is 0.667. The van der Waals surface area contributed by atoms with Gasteiger partial charge < -0.3 is 10.5 Å². The molecular formula is C6H12N4O. The molecule has 0 unspecified atom stereocenters. The number of anilines is 1. The van der Waals surface area contributed by atoms with Crippen LogP contribution in [0.1, 0.15) is 6.92 Å².